The molecule has 0 unspecified atom stereocenters. The maximum atomic E-state index is 13.1. The summed E-state index contributed by atoms with van der Waals surface area (Å²) in [6.07, 6.45) is 0. The molecule has 0 aliphatic heterocycles. The molecule has 0 amide bonds. The predicted octanol–water partition coefficient (Wildman–Crippen LogP) is 3.40. The van der Waals surface area contributed by atoms with Crippen LogP contribution in [0.4, 0.5) is 4.39 Å². The Hall–Kier alpha value is 0.0300. The molecule has 0 aliphatic rings. The van der Waals surface area contributed by atoms with Crippen LogP contribution in [0, 0.1) is 9.39 Å². The maximum Gasteiger partial charge on any atom is 0.161 e. The SMILES string of the molecule is CC(=O)c1ccc(I)c(F)c1Br. The van der Waals surface area contributed by atoms with Gasteiger partial charge in [-0.15, -0.1) is 0 Å². The Morgan fingerprint density at radius 3 is 2.67 bits per heavy atom. The van der Waals surface area contributed by atoms with E-state index >= 15 is 0 Å². The summed E-state index contributed by atoms with van der Waals surface area (Å²) in [5, 5.41) is 0. The molecule has 1 rings (SSSR count). The van der Waals surface area contributed by atoms with Crippen molar-refractivity contribution in [3.8, 4) is 0 Å². The van der Waals surface area contributed by atoms with E-state index in [1.54, 1.807) is 12.1 Å². The molecule has 0 fully saturated rings. The van der Waals surface area contributed by atoms with Crippen LogP contribution in [0.1, 0.15) is 17.3 Å². The van der Waals surface area contributed by atoms with Crippen LogP contribution in [0.2, 0.25) is 0 Å². The van der Waals surface area contributed by atoms with Crippen LogP contribution in [0.15, 0.2) is 16.6 Å². The molecule has 0 spiro atoms. The van der Waals surface area contributed by atoms with Crippen molar-refractivity contribution in [1.82, 2.24) is 0 Å². The molecule has 1 nitrogen and oxygen atoms in total. The van der Waals surface area contributed by atoms with E-state index in [9.17, 15) is 9.18 Å². The van der Waals surface area contributed by atoms with Crippen LogP contribution in [-0.4, -0.2) is 5.78 Å². The lowest BCUT2D eigenvalue weighted by Crippen LogP contribution is -1.97. The Kier molecular flexibility index (Phi) is 3.22. The quantitative estimate of drug-likeness (QED) is 0.434. The lowest BCUT2D eigenvalue weighted by atomic mass is 10.1. The molecule has 1 aromatic carbocycles. The molecular formula is C8H5BrFIO. The normalized spacial score (nSPS) is 10.0. The molecule has 4 heteroatoms. The minimum atomic E-state index is -0.372. The molecular weight excluding hydrogens is 338 g/mol. The molecule has 0 atom stereocenters. The number of carbonyl (C=O) groups is 1. The predicted molar refractivity (Wildman–Crippen MR) is 56.8 cm³/mol. The third-order valence-electron chi connectivity index (χ3n) is 1.41. The van der Waals surface area contributed by atoms with Crippen LogP contribution < -0.4 is 0 Å². The summed E-state index contributed by atoms with van der Waals surface area (Å²) < 4.78 is 13.9. The Balaban J connectivity index is 3.36. The van der Waals surface area contributed by atoms with E-state index in [4.69, 9.17) is 0 Å². The van der Waals surface area contributed by atoms with E-state index in [1.807, 2.05) is 22.6 Å². The van der Waals surface area contributed by atoms with E-state index in [-0.39, 0.29) is 16.1 Å². The van der Waals surface area contributed by atoms with Crippen LogP contribution in [-0.2, 0) is 0 Å². The number of ketones is 1. The zero-order valence-electron chi connectivity index (χ0n) is 6.20. The number of rotatable bonds is 1. The highest BCUT2D eigenvalue weighted by molar-refractivity contribution is 14.1. The van der Waals surface area contributed by atoms with Crippen molar-refractivity contribution >= 4 is 44.3 Å². The van der Waals surface area contributed by atoms with Gasteiger partial charge in [-0.3, -0.25) is 4.79 Å². The average Bonchev–Trinajstić information content (AvgIpc) is 2.00. The van der Waals surface area contributed by atoms with Gasteiger partial charge >= 0.3 is 0 Å². The first kappa shape index (κ1) is 10.1. The minimum absolute atomic E-state index is 0.142. The molecule has 0 bridgehead atoms. The first-order valence-corrected chi connectivity index (χ1v) is 5.05. The highest BCUT2D eigenvalue weighted by atomic mass is 127. The third kappa shape index (κ3) is 1.85. The lowest BCUT2D eigenvalue weighted by molar-refractivity contribution is 0.101. The largest absolute Gasteiger partial charge is 0.294 e. The van der Waals surface area contributed by atoms with Crippen LogP contribution in [0.3, 0.4) is 0 Å². The molecule has 0 N–H and O–H groups in total. The van der Waals surface area contributed by atoms with Crippen molar-refractivity contribution in [2.45, 2.75) is 6.92 Å². The number of hydrogen-bond donors (Lipinski definition) is 0. The highest BCUT2D eigenvalue weighted by Crippen LogP contribution is 2.24. The summed E-state index contributed by atoms with van der Waals surface area (Å²) in [6, 6.07) is 3.19. The van der Waals surface area contributed by atoms with Gasteiger partial charge in [-0.2, -0.15) is 0 Å². The minimum Gasteiger partial charge on any atom is -0.294 e. The standard InChI is InChI=1S/C8H5BrFIO/c1-4(12)5-2-3-6(11)8(10)7(5)9/h2-3H,1H3. The molecule has 0 aliphatic carbocycles. The van der Waals surface area contributed by atoms with E-state index in [0.717, 1.165) is 0 Å². The Bertz CT molecular complexity index is 338. The van der Waals surface area contributed by atoms with Gasteiger partial charge in [0.05, 0.1) is 4.47 Å². The zero-order valence-corrected chi connectivity index (χ0v) is 9.94. The number of Topliss-reactive ketones (excluding diaryl/α,β-unsaturated/α-hetero) is 1. The van der Waals surface area contributed by atoms with Gasteiger partial charge < -0.3 is 0 Å². The van der Waals surface area contributed by atoms with Gasteiger partial charge in [0, 0.05) is 9.13 Å². The summed E-state index contributed by atoms with van der Waals surface area (Å²) in [7, 11) is 0. The number of hydrogen-bond acceptors (Lipinski definition) is 1. The van der Waals surface area contributed by atoms with Gasteiger partial charge in [0.25, 0.3) is 0 Å². The molecule has 0 saturated heterocycles. The Morgan fingerprint density at radius 1 is 1.58 bits per heavy atom. The lowest BCUT2D eigenvalue weighted by Gasteiger charge is -2.02. The van der Waals surface area contributed by atoms with Gasteiger partial charge in [-0.1, -0.05) is 0 Å². The summed E-state index contributed by atoms with van der Waals surface area (Å²) in [6.45, 7) is 1.41. The van der Waals surface area contributed by atoms with Gasteiger partial charge in [0.2, 0.25) is 0 Å². The molecule has 0 aromatic heterocycles. The molecule has 0 saturated carbocycles. The molecule has 0 heterocycles. The fraction of sp³-hybridized carbons (Fsp3) is 0.125. The second kappa shape index (κ2) is 3.83. The Labute approximate surface area is 91.6 Å². The van der Waals surface area contributed by atoms with E-state index < -0.39 is 0 Å². The first-order chi connectivity index (χ1) is 5.54. The van der Waals surface area contributed by atoms with Crippen LogP contribution in [0.5, 0.6) is 0 Å². The Morgan fingerprint density at radius 2 is 2.17 bits per heavy atom. The van der Waals surface area contributed by atoms with Crippen molar-refractivity contribution in [2.75, 3.05) is 0 Å². The smallest absolute Gasteiger partial charge is 0.161 e. The molecule has 64 valence electrons. The molecule has 12 heavy (non-hydrogen) atoms. The van der Waals surface area contributed by atoms with E-state index in [0.29, 0.717) is 9.13 Å². The van der Waals surface area contributed by atoms with Gasteiger partial charge in [0.15, 0.2) is 11.6 Å². The van der Waals surface area contributed by atoms with Gasteiger partial charge in [-0.25, -0.2) is 4.39 Å². The second-order valence-electron chi connectivity index (χ2n) is 2.28. The summed E-state index contributed by atoms with van der Waals surface area (Å²) >= 11 is 4.90. The van der Waals surface area contributed by atoms with E-state index in [1.165, 1.54) is 6.92 Å². The van der Waals surface area contributed by atoms with Crippen molar-refractivity contribution in [3.63, 3.8) is 0 Å². The van der Waals surface area contributed by atoms with Crippen LogP contribution in [0.25, 0.3) is 0 Å². The molecule has 1 aromatic rings. The average molecular weight is 343 g/mol. The maximum absolute atomic E-state index is 13.1. The monoisotopic (exact) mass is 342 g/mol. The highest BCUT2D eigenvalue weighted by Gasteiger charge is 2.11. The summed E-state index contributed by atoms with van der Waals surface area (Å²) in [5.41, 5.74) is 0.382. The van der Waals surface area contributed by atoms with Crippen molar-refractivity contribution in [2.24, 2.45) is 0 Å². The zero-order chi connectivity index (χ0) is 9.30. The third-order valence-corrected chi connectivity index (χ3v) is 3.02. The number of carbonyl (C=O) groups excluding carboxylic acids is 1. The van der Waals surface area contributed by atoms with Crippen LogP contribution >= 0.6 is 38.5 Å². The topological polar surface area (TPSA) is 17.1 Å². The molecule has 0 radical (unpaired) electrons. The van der Waals surface area contributed by atoms with Gasteiger partial charge in [-0.05, 0) is 57.6 Å². The van der Waals surface area contributed by atoms with Crippen molar-refractivity contribution < 1.29 is 9.18 Å². The second-order valence-corrected chi connectivity index (χ2v) is 4.23. The first-order valence-electron chi connectivity index (χ1n) is 3.18. The number of benzene rings is 1. The summed E-state index contributed by atoms with van der Waals surface area (Å²) in [4.78, 5) is 10.9. The number of halogens is 3. The van der Waals surface area contributed by atoms with E-state index in [2.05, 4.69) is 15.9 Å². The van der Waals surface area contributed by atoms with Gasteiger partial charge in [0.1, 0.15) is 0 Å². The van der Waals surface area contributed by atoms with Crippen molar-refractivity contribution in [3.05, 3.63) is 31.6 Å². The fourth-order valence-corrected chi connectivity index (χ4v) is 2.24. The summed E-state index contributed by atoms with van der Waals surface area (Å²) in [5.74, 6) is -0.513. The fourth-order valence-electron chi connectivity index (χ4n) is 0.798. The van der Waals surface area contributed by atoms with Crippen molar-refractivity contribution in [1.29, 1.82) is 0 Å².